The van der Waals surface area contributed by atoms with E-state index in [0.717, 1.165) is 0 Å². The molecule has 4 nitrogen and oxygen atoms in total. The number of ether oxygens (including phenoxy) is 2. The van der Waals surface area contributed by atoms with E-state index < -0.39 is 12.2 Å². The zero-order chi connectivity index (χ0) is 15.9. The molecule has 0 aliphatic carbocycles. The van der Waals surface area contributed by atoms with Gasteiger partial charge in [-0.05, 0) is 37.1 Å². The van der Waals surface area contributed by atoms with Crippen LogP contribution < -0.4 is 0 Å². The summed E-state index contributed by atoms with van der Waals surface area (Å²) >= 11 is 0. The minimum Gasteiger partial charge on any atom is -0.392 e. The average molecular weight is 305 g/mol. The fraction of sp³-hybridized carbons (Fsp3) is 0.353. The second-order valence-electron chi connectivity index (χ2n) is 4.62. The van der Waals surface area contributed by atoms with E-state index in [1.807, 2.05) is 13.8 Å². The molecule has 0 atom stereocenters. The van der Waals surface area contributed by atoms with Gasteiger partial charge in [-0.15, -0.1) is 0 Å². The Morgan fingerprint density at radius 1 is 1.09 bits per heavy atom. The van der Waals surface area contributed by atoms with Gasteiger partial charge < -0.3 is 14.6 Å². The maximum atomic E-state index is 14.1. The number of benzene rings is 1. The number of aliphatic hydroxyl groups excluding tert-OH is 1. The Bertz CT molecular complexity index is 613. The fourth-order valence-electron chi connectivity index (χ4n) is 2.37. The standard InChI is InChI=1S/C17H20FNO3/c1-3-21-17(22-4-2)15-12(11-20)7-5-8-13(15)14-9-6-10-19-16(14)18/h5-10,17,20H,3-4,11H2,1-2H3. The van der Waals surface area contributed by atoms with Gasteiger partial charge in [0.25, 0.3) is 0 Å². The summed E-state index contributed by atoms with van der Waals surface area (Å²) in [6.45, 7) is 4.43. The molecule has 2 rings (SSSR count). The van der Waals surface area contributed by atoms with E-state index in [1.165, 1.54) is 6.20 Å². The lowest BCUT2D eigenvalue weighted by atomic mass is 9.95. The lowest BCUT2D eigenvalue weighted by Gasteiger charge is -2.23. The van der Waals surface area contributed by atoms with Gasteiger partial charge in [-0.25, -0.2) is 4.98 Å². The van der Waals surface area contributed by atoms with Crippen LogP contribution >= 0.6 is 0 Å². The zero-order valence-corrected chi connectivity index (χ0v) is 12.8. The smallest absolute Gasteiger partial charge is 0.220 e. The minimum atomic E-state index is -0.659. The Kier molecular flexibility index (Phi) is 6.00. The zero-order valence-electron chi connectivity index (χ0n) is 12.8. The van der Waals surface area contributed by atoms with Crippen molar-refractivity contribution in [2.45, 2.75) is 26.7 Å². The second-order valence-corrected chi connectivity index (χ2v) is 4.62. The number of aliphatic hydroxyl groups is 1. The number of hydrogen-bond donors (Lipinski definition) is 1. The highest BCUT2D eigenvalue weighted by atomic mass is 19.1. The van der Waals surface area contributed by atoms with Crippen LogP contribution in [-0.2, 0) is 16.1 Å². The van der Waals surface area contributed by atoms with Gasteiger partial charge in [-0.3, -0.25) is 0 Å². The third kappa shape index (κ3) is 3.50. The lowest BCUT2D eigenvalue weighted by molar-refractivity contribution is -0.140. The predicted molar refractivity (Wildman–Crippen MR) is 81.5 cm³/mol. The van der Waals surface area contributed by atoms with Crippen LogP contribution in [0.1, 0.15) is 31.3 Å². The second kappa shape index (κ2) is 7.98. The number of rotatable bonds is 7. The van der Waals surface area contributed by atoms with Crippen molar-refractivity contribution in [3.8, 4) is 11.1 Å². The first-order chi connectivity index (χ1) is 10.7. The number of pyridine rings is 1. The number of halogens is 1. The molecule has 0 unspecified atom stereocenters. The Hall–Kier alpha value is -1.82. The monoisotopic (exact) mass is 305 g/mol. The molecule has 0 radical (unpaired) electrons. The third-order valence-electron chi connectivity index (χ3n) is 3.29. The van der Waals surface area contributed by atoms with Gasteiger partial charge in [0, 0.05) is 30.5 Å². The highest BCUT2D eigenvalue weighted by Gasteiger charge is 2.22. The van der Waals surface area contributed by atoms with Crippen molar-refractivity contribution >= 4 is 0 Å². The number of aromatic nitrogens is 1. The van der Waals surface area contributed by atoms with Crippen LogP contribution in [0.15, 0.2) is 36.5 Å². The molecule has 0 saturated carbocycles. The minimum absolute atomic E-state index is 0.179. The van der Waals surface area contributed by atoms with Crippen molar-refractivity contribution in [3.63, 3.8) is 0 Å². The van der Waals surface area contributed by atoms with Gasteiger partial charge in [-0.1, -0.05) is 18.2 Å². The van der Waals surface area contributed by atoms with Crippen LogP contribution in [0.2, 0.25) is 0 Å². The van der Waals surface area contributed by atoms with Crippen LogP contribution in [0.5, 0.6) is 0 Å². The first kappa shape index (κ1) is 16.5. The van der Waals surface area contributed by atoms with E-state index >= 15 is 0 Å². The van der Waals surface area contributed by atoms with E-state index in [4.69, 9.17) is 9.47 Å². The van der Waals surface area contributed by atoms with Crippen molar-refractivity contribution in [1.82, 2.24) is 4.98 Å². The Balaban J connectivity index is 2.61. The summed E-state index contributed by atoms with van der Waals surface area (Å²) in [5, 5.41) is 9.62. The van der Waals surface area contributed by atoms with Gasteiger partial charge in [0.05, 0.1) is 6.61 Å². The van der Waals surface area contributed by atoms with Crippen LogP contribution in [-0.4, -0.2) is 23.3 Å². The first-order valence-electron chi connectivity index (χ1n) is 7.29. The van der Waals surface area contributed by atoms with Crippen LogP contribution in [0.3, 0.4) is 0 Å². The van der Waals surface area contributed by atoms with Gasteiger partial charge in [0.1, 0.15) is 0 Å². The van der Waals surface area contributed by atoms with Crippen molar-refractivity contribution < 1.29 is 19.0 Å². The molecule has 5 heteroatoms. The summed E-state index contributed by atoms with van der Waals surface area (Å²) in [7, 11) is 0. The maximum Gasteiger partial charge on any atom is 0.220 e. The predicted octanol–water partition coefficient (Wildman–Crippen LogP) is 3.45. The summed E-state index contributed by atoms with van der Waals surface area (Å²) in [5.74, 6) is -0.564. The van der Waals surface area contributed by atoms with Crippen LogP contribution in [0.25, 0.3) is 11.1 Å². The van der Waals surface area contributed by atoms with Gasteiger partial charge in [-0.2, -0.15) is 4.39 Å². The van der Waals surface area contributed by atoms with E-state index in [1.54, 1.807) is 30.3 Å². The van der Waals surface area contributed by atoms with E-state index in [2.05, 4.69) is 4.98 Å². The van der Waals surface area contributed by atoms with Crippen molar-refractivity contribution in [2.75, 3.05) is 13.2 Å². The molecule has 1 heterocycles. The first-order valence-corrected chi connectivity index (χ1v) is 7.29. The Labute approximate surface area is 129 Å². The Morgan fingerprint density at radius 2 is 1.77 bits per heavy atom. The molecule has 1 aromatic carbocycles. The molecule has 0 bridgehead atoms. The largest absolute Gasteiger partial charge is 0.392 e. The molecule has 118 valence electrons. The molecule has 2 aromatic rings. The van der Waals surface area contributed by atoms with Crippen molar-refractivity contribution in [3.05, 3.63) is 53.6 Å². The molecule has 0 aliphatic rings. The molecule has 0 spiro atoms. The van der Waals surface area contributed by atoms with Crippen molar-refractivity contribution in [1.29, 1.82) is 0 Å². The molecule has 1 N–H and O–H groups in total. The maximum absolute atomic E-state index is 14.1. The summed E-state index contributed by atoms with van der Waals surface area (Å²) in [6.07, 6.45) is 0.740. The molecule has 0 amide bonds. The molecular weight excluding hydrogens is 285 g/mol. The lowest BCUT2D eigenvalue weighted by Crippen LogP contribution is -2.13. The summed E-state index contributed by atoms with van der Waals surface area (Å²) in [5.41, 5.74) is 2.26. The van der Waals surface area contributed by atoms with E-state index in [9.17, 15) is 9.50 Å². The molecular formula is C17H20FNO3. The fourth-order valence-corrected chi connectivity index (χ4v) is 2.37. The highest BCUT2D eigenvalue weighted by Crippen LogP contribution is 2.34. The van der Waals surface area contributed by atoms with E-state index in [0.29, 0.717) is 35.5 Å². The normalized spacial score (nSPS) is 11.1. The topological polar surface area (TPSA) is 51.6 Å². The molecule has 1 aromatic heterocycles. The number of nitrogens with zero attached hydrogens (tertiary/aromatic N) is 1. The van der Waals surface area contributed by atoms with Gasteiger partial charge in [0.2, 0.25) is 5.95 Å². The summed E-state index contributed by atoms with van der Waals surface area (Å²) in [4.78, 5) is 3.69. The third-order valence-corrected chi connectivity index (χ3v) is 3.29. The van der Waals surface area contributed by atoms with Gasteiger partial charge >= 0.3 is 0 Å². The summed E-state index contributed by atoms with van der Waals surface area (Å²) in [6, 6.07) is 8.64. The molecule has 0 saturated heterocycles. The summed E-state index contributed by atoms with van der Waals surface area (Å²) < 4.78 is 25.3. The number of hydrogen-bond acceptors (Lipinski definition) is 4. The highest BCUT2D eigenvalue weighted by molar-refractivity contribution is 5.69. The van der Waals surface area contributed by atoms with Gasteiger partial charge in [0.15, 0.2) is 6.29 Å². The SMILES string of the molecule is CCOC(OCC)c1c(CO)cccc1-c1cccnc1F. The van der Waals surface area contributed by atoms with Crippen molar-refractivity contribution in [2.24, 2.45) is 0 Å². The van der Waals surface area contributed by atoms with Crippen LogP contribution in [0, 0.1) is 5.95 Å². The van der Waals surface area contributed by atoms with E-state index in [-0.39, 0.29) is 6.61 Å². The molecule has 0 fully saturated rings. The molecule has 0 aliphatic heterocycles. The average Bonchev–Trinajstić information content (AvgIpc) is 2.54. The molecule has 22 heavy (non-hydrogen) atoms. The Morgan fingerprint density at radius 3 is 2.36 bits per heavy atom. The van der Waals surface area contributed by atoms with Crippen LogP contribution in [0.4, 0.5) is 4.39 Å². The quantitative estimate of drug-likeness (QED) is 0.629.